The van der Waals surface area contributed by atoms with Crippen LogP contribution >= 0.6 is 11.3 Å². The molecule has 2 aromatic heterocycles. The second-order valence-electron chi connectivity index (χ2n) is 3.38. The van der Waals surface area contributed by atoms with Crippen molar-refractivity contribution in [1.82, 2.24) is 20.2 Å². The lowest BCUT2D eigenvalue weighted by atomic mass is 10.2. The lowest BCUT2D eigenvalue weighted by Gasteiger charge is -1.95. The van der Waals surface area contributed by atoms with E-state index in [1.54, 1.807) is 6.07 Å². The molecule has 1 aromatic carbocycles. The normalized spacial score (nSPS) is 10.6. The number of nitrogens with one attached hydrogen (secondary N) is 1. The molecule has 6 heteroatoms. The van der Waals surface area contributed by atoms with Gasteiger partial charge in [-0.2, -0.15) is 5.10 Å². The third-order valence-electron chi connectivity index (χ3n) is 2.24. The Balaban J connectivity index is 2.01. The van der Waals surface area contributed by atoms with Crippen molar-refractivity contribution < 1.29 is 4.39 Å². The Hall–Kier alpha value is -2.08. The maximum atomic E-state index is 13.1. The molecule has 0 fully saturated rings. The summed E-state index contributed by atoms with van der Waals surface area (Å²) >= 11 is 1.44. The summed E-state index contributed by atoms with van der Waals surface area (Å²) in [5.41, 5.74) is 1.49. The quantitative estimate of drug-likeness (QED) is 0.756. The molecule has 0 aliphatic rings. The van der Waals surface area contributed by atoms with E-state index in [0.29, 0.717) is 5.82 Å². The van der Waals surface area contributed by atoms with E-state index in [0.717, 1.165) is 16.3 Å². The van der Waals surface area contributed by atoms with E-state index < -0.39 is 0 Å². The first-order valence-corrected chi connectivity index (χ1v) is 5.78. The van der Waals surface area contributed by atoms with Crippen molar-refractivity contribution in [2.24, 2.45) is 0 Å². The molecule has 0 aliphatic carbocycles. The number of rotatable bonds is 2. The molecule has 0 aliphatic heterocycles. The number of thiazole rings is 1. The Morgan fingerprint density at radius 3 is 3.00 bits per heavy atom. The van der Waals surface area contributed by atoms with Gasteiger partial charge < -0.3 is 0 Å². The van der Waals surface area contributed by atoms with Crippen LogP contribution in [0.1, 0.15) is 0 Å². The van der Waals surface area contributed by atoms with Crippen molar-refractivity contribution >= 4 is 11.3 Å². The Kier molecular flexibility index (Phi) is 2.41. The summed E-state index contributed by atoms with van der Waals surface area (Å²) in [6.45, 7) is 0. The van der Waals surface area contributed by atoms with Gasteiger partial charge in [0.1, 0.15) is 12.1 Å². The molecule has 4 nitrogen and oxygen atoms in total. The molecule has 0 atom stereocenters. The largest absolute Gasteiger partial charge is 0.257 e. The molecule has 0 radical (unpaired) electrons. The summed E-state index contributed by atoms with van der Waals surface area (Å²) < 4.78 is 13.1. The fourth-order valence-corrected chi connectivity index (χ4v) is 2.24. The number of nitrogens with zero attached hydrogens (tertiary/aromatic N) is 3. The summed E-state index contributed by atoms with van der Waals surface area (Å²) in [6, 6.07) is 6.35. The lowest BCUT2D eigenvalue weighted by Crippen LogP contribution is -1.82. The molecule has 0 bridgehead atoms. The van der Waals surface area contributed by atoms with Crippen LogP contribution in [0.3, 0.4) is 0 Å². The van der Waals surface area contributed by atoms with E-state index in [4.69, 9.17) is 0 Å². The molecule has 3 aromatic rings. The lowest BCUT2D eigenvalue weighted by molar-refractivity contribution is 0.628. The van der Waals surface area contributed by atoms with E-state index >= 15 is 0 Å². The number of aromatic amines is 1. The van der Waals surface area contributed by atoms with Crippen LogP contribution in [-0.2, 0) is 0 Å². The van der Waals surface area contributed by atoms with Gasteiger partial charge in [-0.1, -0.05) is 12.1 Å². The first kappa shape index (κ1) is 10.1. The minimum absolute atomic E-state index is 0.267. The number of aromatic nitrogens is 4. The third kappa shape index (κ3) is 1.94. The first-order valence-electron chi connectivity index (χ1n) is 4.90. The third-order valence-corrected chi connectivity index (χ3v) is 3.09. The summed E-state index contributed by atoms with van der Waals surface area (Å²) in [4.78, 5) is 8.40. The van der Waals surface area contributed by atoms with E-state index in [-0.39, 0.29) is 5.82 Å². The molecule has 2 heterocycles. The zero-order chi connectivity index (χ0) is 11.7. The summed E-state index contributed by atoms with van der Waals surface area (Å²) in [6.07, 6.45) is 1.43. The number of hydrogen-bond donors (Lipinski definition) is 1. The number of benzene rings is 1. The van der Waals surface area contributed by atoms with Crippen molar-refractivity contribution in [3.8, 4) is 22.1 Å². The highest BCUT2D eigenvalue weighted by atomic mass is 32.1. The van der Waals surface area contributed by atoms with E-state index in [1.807, 2.05) is 11.4 Å². The van der Waals surface area contributed by atoms with Gasteiger partial charge in [0.25, 0.3) is 0 Å². The van der Waals surface area contributed by atoms with Gasteiger partial charge in [-0.15, -0.1) is 11.3 Å². The second-order valence-corrected chi connectivity index (χ2v) is 4.24. The molecule has 0 amide bonds. The molecule has 17 heavy (non-hydrogen) atoms. The van der Waals surface area contributed by atoms with Gasteiger partial charge in [-0.3, -0.25) is 5.10 Å². The molecule has 0 unspecified atom stereocenters. The first-order chi connectivity index (χ1) is 8.33. The highest BCUT2D eigenvalue weighted by Crippen LogP contribution is 2.26. The smallest absolute Gasteiger partial charge is 0.184 e. The monoisotopic (exact) mass is 246 g/mol. The van der Waals surface area contributed by atoms with Crippen LogP contribution in [0.4, 0.5) is 4.39 Å². The molecule has 0 saturated heterocycles. The van der Waals surface area contributed by atoms with E-state index in [2.05, 4.69) is 20.2 Å². The van der Waals surface area contributed by atoms with Gasteiger partial charge in [0.2, 0.25) is 0 Å². The predicted molar refractivity (Wildman–Crippen MR) is 62.9 cm³/mol. The Labute approximate surface area is 100 Å². The molecule has 0 saturated carbocycles. The standard InChI is InChI=1S/C11H7FN4S/c12-8-3-1-2-7(4-8)9-5-17-11(15-9)10-13-6-14-16-10/h1-6H,(H,13,14,16). The minimum Gasteiger partial charge on any atom is -0.257 e. The second kappa shape index (κ2) is 4.06. The summed E-state index contributed by atoms with van der Waals surface area (Å²) in [7, 11) is 0. The van der Waals surface area contributed by atoms with Gasteiger partial charge in [0.05, 0.1) is 5.69 Å². The van der Waals surface area contributed by atoms with Gasteiger partial charge in [0, 0.05) is 10.9 Å². The van der Waals surface area contributed by atoms with Gasteiger partial charge >= 0.3 is 0 Å². The maximum Gasteiger partial charge on any atom is 0.184 e. The molecule has 1 N–H and O–H groups in total. The Morgan fingerprint density at radius 1 is 1.29 bits per heavy atom. The van der Waals surface area contributed by atoms with Crippen LogP contribution < -0.4 is 0 Å². The van der Waals surface area contributed by atoms with Crippen LogP contribution in [0.5, 0.6) is 0 Å². The highest BCUT2D eigenvalue weighted by molar-refractivity contribution is 7.13. The van der Waals surface area contributed by atoms with Crippen LogP contribution in [-0.4, -0.2) is 20.2 Å². The van der Waals surface area contributed by atoms with Crippen molar-refractivity contribution in [2.75, 3.05) is 0 Å². The van der Waals surface area contributed by atoms with Crippen molar-refractivity contribution in [1.29, 1.82) is 0 Å². The molecule has 3 rings (SSSR count). The average Bonchev–Trinajstić information content (AvgIpc) is 3.00. The van der Waals surface area contributed by atoms with Crippen LogP contribution in [0.25, 0.3) is 22.1 Å². The predicted octanol–water partition coefficient (Wildman–Crippen LogP) is 2.73. The van der Waals surface area contributed by atoms with Gasteiger partial charge in [-0.05, 0) is 12.1 Å². The van der Waals surface area contributed by atoms with Crippen LogP contribution in [0.15, 0.2) is 36.0 Å². The van der Waals surface area contributed by atoms with Crippen LogP contribution in [0, 0.1) is 5.82 Å². The zero-order valence-electron chi connectivity index (χ0n) is 8.59. The fraction of sp³-hybridized carbons (Fsp3) is 0. The van der Waals surface area contributed by atoms with Crippen molar-refractivity contribution in [3.05, 3.63) is 41.8 Å². The number of H-pyrrole nitrogens is 1. The van der Waals surface area contributed by atoms with Gasteiger partial charge in [-0.25, -0.2) is 14.4 Å². The molecule has 84 valence electrons. The summed E-state index contributed by atoms with van der Waals surface area (Å²) in [5, 5.41) is 9.11. The van der Waals surface area contributed by atoms with Crippen molar-refractivity contribution in [3.63, 3.8) is 0 Å². The number of hydrogen-bond acceptors (Lipinski definition) is 4. The highest BCUT2D eigenvalue weighted by Gasteiger charge is 2.08. The van der Waals surface area contributed by atoms with Crippen LogP contribution in [0.2, 0.25) is 0 Å². The van der Waals surface area contributed by atoms with Crippen molar-refractivity contribution in [2.45, 2.75) is 0 Å². The molecule has 0 spiro atoms. The minimum atomic E-state index is -0.267. The summed E-state index contributed by atoms with van der Waals surface area (Å²) in [5.74, 6) is 0.356. The van der Waals surface area contributed by atoms with Gasteiger partial charge in [0.15, 0.2) is 10.8 Å². The van der Waals surface area contributed by atoms with E-state index in [1.165, 1.54) is 29.8 Å². The fourth-order valence-electron chi connectivity index (χ4n) is 1.47. The molecular formula is C11H7FN4S. The van der Waals surface area contributed by atoms with E-state index in [9.17, 15) is 4.39 Å². The zero-order valence-corrected chi connectivity index (χ0v) is 9.41. The average molecular weight is 246 g/mol. The topological polar surface area (TPSA) is 54.5 Å². The maximum absolute atomic E-state index is 13.1. The Bertz CT molecular complexity index is 632. The number of halogens is 1. The SMILES string of the molecule is Fc1cccc(-c2csc(-c3ncn[nH]3)n2)c1. The Morgan fingerprint density at radius 2 is 2.24 bits per heavy atom. The molecular weight excluding hydrogens is 239 g/mol.